The number of benzene rings is 3. The van der Waals surface area contributed by atoms with Gasteiger partial charge in [0, 0.05) is 36.0 Å². The van der Waals surface area contributed by atoms with Gasteiger partial charge in [-0.1, -0.05) is 41.5 Å². The lowest BCUT2D eigenvalue weighted by Crippen LogP contribution is -2.54. The Morgan fingerprint density at radius 3 is 2.62 bits per heavy atom. The van der Waals surface area contributed by atoms with Crippen molar-refractivity contribution >= 4 is 11.8 Å². The third-order valence-corrected chi connectivity index (χ3v) is 7.28. The Morgan fingerprint density at radius 1 is 1.12 bits per heavy atom. The van der Waals surface area contributed by atoms with E-state index in [0.29, 0.717) is 36.0 Å². The molecule has 0 aromatic heterocycles. The molecule has 0 bridgehead atoms. The number of carbonyl (C=O) groups is 1. The lowest BCUT2D eigenvalue weighted by Gasteiger charge is -2.31. The molecule has 1 amide bonds. The van der Waals surface area contributed by atoms with E-state index in [2.05, 4.69) is 20.9 Å². The van der Waals surface area contributed by atoms with Gasteiger partial charge in [-0.25, -0.2) is 10.4 Å². The maximum atomic E-state index is 14.2. The molecule has 1 aliphatic heterocycles. The first kappa shape index (κ1) is 28.9. The zero-order valence-electron chi connectivity index (χ0n) is 23.4. The van der Waals surface area contributed by atoms with Crippen LogP contribution in [0.1, 0.15) is 47.6 Å². The fraction of sp³-hybridized carbons (Fsp3) is 0.355. The fourth-order valence-electron chi connectivity index (χ4n) is 4.87. The van der Waals surface area contributed by atoms with E-state index in [1.54, 1.807) is 7.11 Å². The quantitative estimate of drug-likeness (QED) is 0.0851. The van der Waals surface area contributed by atoms with Gasteiger partial charge in [0.1, 0.15) is 11.5 Å². The molecule has 0 saturated heterocycles. The van der Waals surface area contributed by atoms with Crippen LogP contribution >= 0.6 is 0 Å². The van der Waals surface area contributed by atoms with Gasteiger partial charge in [-0.3, -0.25) is 10.2 Å². The summed E-state index contributed by atoms with van der Waals surface area (Å²) in [6, 6.07) is 22.5. The molecule has 3 N–H and O–H groups in total. The van der Waals surface area contributed by atoms with E-state index in [9.17, 15) is 4.79 Å². The number of amides is 1. The van der Waals surface area contributed by atoms with E-state index in [0.717, 1.165) is 29.5 Å². The number of nitrogens with zero attached hydrogens (tertiary/aromatic N) is 4. The molecule has 11 nitrogen and oxygen atoms in total. The third-order valence-electron chi connectivity index (χ3n) is 7.28. The van der Waals surface area contributed by atoms with Crippen molar-refractivity contribution in [3.05, 3.63) is 105 Å². The van der Waals surface area contributed by atoms with Gasteiger partial charge in [-0.15, -0.1) is 0 Å². The van der Waals surface area contributed by atoms with Crippen LogP contribution in [0.25, 0.3) is 10.4 Å². The highest BCUT2D eigenvalue weighted by Crippen LogP contribution is 2.43. The second-order valence-corrected chi connectivity index (χ2v) is 10.3. The van der Waals surface area contributed by atoms with E-state index in [-0.39, 0.29) is 31.5 Å². The summed E-state index contributed by atoms with van der Waals surface area (Å²) < 4.78 is 17.8. The molecule has 218 valence electrons. The fourth-order valence-corrected chi connectivity index (χ4v) is 4.87. The van der Waals surface area contributed by atoms with Gasteiger partial charge in [0.25, 0.3) is 5.91 Å². The number of hydrazine groups is 1. The number of carbonyl (C=O) groups excluding carboxylic acids is 1. The number of hydrogen-bond acceptors (Lipinski definition) is 8. The molecule has 42 heavy (non-hydrogen) atoms. The average Bonchev–Trinajstić information content (AvgIpc) is 3.78. The van der Waals surface area contributed by atoms with E-state index in [1.807, 2.05) is 72.8 Å². The SMILES string of the molecule is COc1cccc([C@@H]2OC(c3ccc(OCCCO)cc3)=N[C@]2(Cc2ccccc2CN=[N+]=[N-])C(=O)NNC2CC2)c1. The Balaban J connectivity index is 1.58. The first-order valence-electron chi connectivity index (χ1n) is 13.9. The predicted molar refractivity (Wildman–Crippen MR) is 157 cm³/mol. The Labute approximate surface area is 244 Å². The van der Waals surface area contributed by atoms with Crippen LogP contribution in [0.3, 0.4) is 0 Å². The van der Waals surface area contributed by atoms with Crippen LogP contribution in [0.5, 0.6) is 11.5 Å². The number of aliphatic imine (C=N–C) groups is 1. The number of hydrogen-bond donors (Lipinski definition) is 3. The first-order valence-corrected chi connectivity index (χ1v) is 13.9. The smallest absolute Gasteiger partial charge is 0.266 e. The van der Waals surface area contributed by atoms with Crippen LogP contribution < -0.4 is 20.3 Å². The van der Waals surface area contributed by atoms with Crippen LogP contribution in [0.15, 0.2) is 82.9 Å². The summed E-state index contributed by atoms with van der Waals surface area (Å²) in [5.41, 5.74) is 16.6. The molecule has 0 unspecified atom stereocenters. The van der Waals surface area contributed by atoms with Gasteiger partial charge in [0.15, 0.2) is 11.6 Å². The normalized spacial score (nSPS) is 19.3. The summed E-state index contributed by atoms with van der Waals surface area (Å²) >= 11 is 0. The molecule has 3 aromatic rings. The second kappa shape index (κ2) is 13.4. The van der Waals surface area contributed by atoms with E-state index in [4.69, 9.17) is 29.8 Å². The lowest BCUT2D eigenvalue weighted by molar-refractivity contribution is -0.130. The number of methoxy groups -OCH3 is 1. The number of nitrogens with one attached hydrogen (secondary N) is 2. The molecule has 2 atom stereocenters. The standard InChI is InChI=1S/C31H34N6O5/c1-40-27-9-4-8-22(18-27)28-31(30(39)36-35-25-12-13-25,19-23-6-2-3-7-24(23)20-33-37-32)34-29(42-28)21-10-14-26(15-11-21)41-17-5-16-38/h2-4,6-11,14-15,18,25,28,35,38H,5,12-13,16-17,19-20H2,1H3,(H,36,39)/t28-,31-/m0/s1. The maximum Gasteiger partial charge on any atom is 0.266 e. The Morgan fingerprint density at radius 2 is 1.90 bits per heavy atom. The van der Waals surface area contributed by atoms with E-state index < -0.39 is 11.6 Å². The number of rotatable bonds is 14. The van der Waals surface area contributed by atoms with Crippen molar-refractivity contribution in [1.29, 1.82) is 0 Å². The molecule has 2 aliphatic rings. The van der Waals surface area contributed by atoms with Gasteiger partial charge in [0.2, 0.25) is 5.90 Å². The number of aliphatic hydroxyl groups excluding tert-OH is 1. The molecule has 1 fully saturated rings. The molecule has 1 heterocycles. The van der Waals surface area contributed by atoms with Crippen LogP contribution in [0.4, 0.5) is 0 Å². The molecule has 5 rings (SSSR count). The highest BCUT2D eigenvalue weighted by atomic mass is 16.5. The summed E-state index contributed by atoms with van der Waals surface area (Å²) in [4.78, 5) is 22.2. The van der Waals surface area contributed by atoms with Gasteiger partial charge >= 0.3 is 0 Å². The summed E-state index contributed by atoms with van der Waals surface area (Å²) in [5, 5.41) is 12.8. The van der Waals surface area contributed by atoms with E-state index >= 15 is 0 Å². The highest BCUT2D eigenvalue weighted by Gasteiger charge is 2.54. The van der Waals surface area contributed by atoms with Crippen molar-refractivity contribution in [1.82, 2.24) is 10.9 Å². The maximum absolute atomic E-state index is 14.2. The topological polar surface area (TPSA) is 150 Å². The average molecular weight is 571 g/mol. The Bertz CT molecular complexity index is 1470. The minimum absolute atomic E-state index is 0.0557. The Hall–Kier alpha value is -4.57. The van der Waals surface area contributed by atoms with Crippen molar-refractivity contribution in [2.75, 3.05) is 20.3 Å². The number of azide groups is 1. The van der Waals surface area contributed by atoms with Crippen molar-refractivity contribution < 1.29 is 24.1 Å². The van der Waals surface area contributed by atoms with E-state index in [1.165, 1.54) is 0 Å². The molecule has 0 radical (unpaired) electrons. The third kappa shape index (κ3) is 6.66. The minimum atomic E-state index is -1.41. The highest BCUT2D eigenvalue weighted by molar-refractivity contribution is 6.01. The molecule has 0 spiro atoms. The number of ether oxygens (including phenoxy) is 3. The minimum Gasteiger partial charge on any atom is -0.497 e. The van der Waals surface area contributed by atoms with Crippen molar-refractivity contribution in [2.45, 2.75) is 49.9 Å². The molecule has 1 saturated carbocycles. The van der Waals surface area contributed by atoms with Crippen LogP contribution in [-0.4, -0.2) is 48.8 Å². The van der Waals surface area contributed by atoms with Crippen LogP contribution in [-0.2, 0) is 22.5 Å². The summed E-state index contributed by atoms with van der Waals surface area (Å²) in [6.45, 7) is 0.599. The molecule has 1 aliphatic carbocycles. The molecule has 3 aromatic carbocycles. The van der Waals surface area contributed by atoms with Crippen molar-refractivity contribution in [3.63, 3.8) is 0 Å². The van der Waals surface area contributed by atoms with Crippen LogP contribution in [0.2, 0.25) is 0 Å². The Kier molecular flexibility index (Phi) is 9.23. The van der Waals surface area contributed by atoms with Gasteiger partial charge in [-0.2, -0.15) is 0 Å². The lowest BCUT2D eigenvalue weighted by atomic mass is 9.81. The van der Waals surface area contributed by atoms with Gasteiger partial charge in [-0.05, 0) is 71.5 Å². The largest absolute Gasteiger partial charge is 0.497 e. The molecular formula is C31H34N6O5. The van der Waals surface area contributed by atoms with Gasteiger partial charge in [0.05, 0.1) is 20.3 Å². The summed E-state index contributed by atoms with van der Waals surface area (Å²) in [5.74, 6) is 1.27. The second-order valence-electron chi connectivity index (χ2n) is 10.3. The zero-order chi connectivity index (χ0) is 29.4. The molecule has 11 heteroatoms. The van der Waals surface area contributed by atoms with Crippen molar-refractivity contribution in [3.8, 4) is 11.5 Å². The van der Waals surface area contributed by atoms with Crippen molar-refractivity contribution in [2.24, 2.45) is 10.1 Å². The zero-order valence-corrected chi connectivity index (χ0v) is 23.4. The monoisotopic (exact) mass is 570 g/mol. The predicted octanol–water partition coefficient (Wildman–Crippen LogP) is 4.55. The summed E-state index contributed by atoms with van der Waals surface area (Å²) in [6.07, 6.45) is 1.90. The first-order chi connectivity index (χ1) is 20.6. The molecular weight excluding hydrogens is 536 g/mol. The van der Waals surface area contributed by atoms with Crippen LogP contribution in [0, 0.1) is 0 Å². The number of aliphatic hydroxyl groups is 1. The van der Waals surface area contributed by atoms with Gasteiger partial charge < -0.3 is 19.3 Å². The summed E-state index contributed by atoms with van der Waals surface area (Å²) in [7, 11) is 1.59.